The number of ether oxygens (including phenoxy) is 1. The molecule has 0 aliphatic rings. The van der Waals surface area contributed by atoms with E-state index in [-0.39, 0.29) is 19.1 Å². The maximum atomic E-state index is 11.5. The minimum atomic E-state index is -1.00. The average Bonchev–Trinajstić information content (AvgIpc) is 2.67. The Balaban J connectivity index is 2.08. The highest BCUT2D eigenvalue weighted by atomic mass is 32.1. The summed E-state index contributed by atoms with van der Waals surface area (Å²) >= 11 is 1.78. The second-order valence-electron chi connectivity index (χ2n) is 4.59. The first-order chi connectivity index (χ1) is 9.49. The van der Waals surface area contributed by atoms with Crippen molar-refractivity contribution < 1.29 is 19.4 Å². The normalized spacial score (nSPS) is 10.5. The van der Waals surface area contributed by atoms with Gasteiger partial charge in [0.15, 0.2) is 0 Å². The molecule has 1 rings (SSSR count). The van der Waals surface area contributed by atoms with Gasteiger partial charge in [-0.15, -0.1) is 11.3 Å². The van der Waals surface area contributed by atoms with Gasteiger partial charge in [0.05, 0.1) is 6.61 Å². The van der Waals surface area contributed by atoms with Gasteiger partial charge in [0.25, 0.3) is 0 Å². The number of carboxylic acid groups (broad SMARTS) is 1. The summed E-state index contributed by atoms with van der Waals surface area (Å²) in [7, 11) is 0. The number of hydrogen-bond donors (Lipinski definition) is 2. The van der Waals surface area contributed by atoms with Crippen molar-refractivity contribution in [3.8, 4) is 0 Å². The topological polar surface area (TPSA) is 75.6 Å². The number of amides is 1. The lowest BCUT2D eigenvalue weighted by atomic mass is 10.1. The molecule has 1 aromatic heterocycles. The molecule has 0 spiro atoms. The lowest BCUT2D eigenvalue weighted by Crippen LogP contribution is -2.27. The lowest BCUT2D eigenvalue weighted by Gasteiger charge is -2.05. The van der Waals surface area contributed by atoms with Crippen LogP contribution < -0.4 is 5.32 Å². The zero-order valence-corrected chi connectivity index (χ0v) is 12.7. The third-order valence-electron chi connectivity index (χ3n) is 2.79. The van der Waals surface area contributed by atoms with Gasteiger partial charge in [-0.25, -0.2) is 4.79 Å². The zero-order chi connectivity index (χ0) is 15.0. The second kappa shape index (κ2) is 8.71. The SMILES string of the molecule is Cc1cc(CCCC(=O)NCCOCC(=O)O)c(C)s1. The Morgan fingerprint density at radius 3 is 2.75 bits per heavy atom. The number of carbonyl (C=O) groups is 2. The zero-order valence-electron chi connectivity index (χ0n) is 11.9. The first kappa shape index (κ1) is 16.7. The quantitative estimate of drug-likeness (QED) is 0.683. The molecule has 112 valence electrons. The van der Waals surface area contributed by atoms with Gasteiger partial charge in [0.2, 0.25) is 5.91 Å². The minimum Gasteiger partial charge on any atom is -0.480 e. The summed E-state index contributed by atoms with van der Waals surface area (Å²) in [5, 5.41) is 11.1. The molecule has 0 aromatic carbocycles. The van der Waals surface area contributed by atoms with Gasteiger partial charge in [-0.1, -0.05) is 0 Å². The van der Waals surface area contributed by atoms with E-state index in [0.29, 0.717) is 13.0 Å². The Morgan fingerprint density at radius 1 is 1.40 bits per heavy atom. The molecule has 2 N–H and O–H groups in total. The van der Waals surface area contributed by atoms with Gasteiger partial charge in [-0.05, 0) is 38.3 Å². The second-order valence-corrected chi connectivity index (χ2v) is 6.05. The Kier molecular flexibility index (Phi) is 7.25. The van der Waals surface area contributed by atoms with Crippen molar-refractivity contribution in [3.05, 3.63) is 21.4 Å². The molecule has 6 heteroatoms. The number of aryl methyl sites for hydroxylation is 3. The van der Waals surface area contributed by atoms with E-state index in [9.17, 15) is 9.59 Å². The number of nitrogens with one attached hydrogen (secondary N) is 1. The predicted molar refractivity (Wildman–Crippen MR) is 78.2 cm³/mol. The smallest absolute Gasteiger partial charge is 0.329 e. The highest BCUT2D eigenvalue weighted by molar-refractivity contribution is 7.12. The van der Waals surface area contributed by atoms with Crippen molar-refractivity contribution in [3.63, 3.8) is 0 Å². The number of aliphatic carboxylic acids is 1. The number of hydrogen-bond acceptors (Lipinski definition) is 4. The van der Waals surface area contributed by atoms with Gasteiger partial charge in [0.1, 0.15) is 6.61 Å². The molecule has 1 amide bonds. The molecule has 0 radical (unpaired) electrons. The van der Waals surface area contributed by atoms with Crippen molar-refractivity contribution in [1.29, 1.82) is 0 Å². The van der Waals surface area contributed by atoms with E-state index in [0.717, 1.165) is 12.8 Å². The Labute approximate surface area is 123 Å². The molecule has 1 heterocycles. The molecule has 0 aliphatic heterocycles. The first-order valence-electron chi connectivity index (χ1n) is 6.61. The van der Waals surface area contributed by atoms with Crippen LogP contribution in [0.3, 0.4) is 0 Å². The monoisotopic (exact) mass is 299 g/mol. The fourth-order valence-electron chi connectivity index (χ4n) is 1.88. The summed E-state index contributed by atoms with van der Waals surface area (Å²) < 4.78 is 4.82. The molecule has 0 saturated heterocycles. The van der Waals surface area contributed by atoms with Crippen LogP contribution in [-0.2, 0) is 20.7 Å². The van der Waals surface area contributed by atoms with Crippen molar-refractivity contribution >= 4 is 23.2 Å². The first-order valence-corrected chi connectivity index (χ1v) is 7.43. The van der Waals surface area contributed by atoms with Crippen molar-refractivity contribution in [2.24, 2.45) is 0 Å². The third kappa shape index (κ3) is 6.68. The molecule has 0 unspecified atom stereocenters. The van der Waals surface area contributed by atoms with E-state index in [2.05, 4.69) is 25.2 Å². The Bertz CT molecular complexity index is 456. The lowest BCUT2D eigenvalue weighted by molar-refractivity contribution is -0.142. The van der Waals surface area contributed by atoms with E-state index in [1.165, 1.54) is 15.3 Å². The minimum absolute atomic E-state index is 0.0199. The maximum absolute atomic E-state index is 11.5. The van der Waals surface area contributed by atoms with E-state index in [4.69, 9.17) is 9.84 Å². The van der Waals surface area contributed by atoms with Crippen LogP contribution in [0.5, 0.6) is 0 Å². The number of thiophene rings is 1. The van der Waals surface area contributed by atoms with Gasteiger partial charge < -0.3 is 15.2 Å². The Morgan fingerprint density at radius 2 is 2.15 bits per heavy atom. The molecule has 0 atom stereocenters. The van der Waals surface area contributed by atoms with Crippen LogP contribution in [0, 0.1) is 13.8 Å². The van der Waals surface area contributed by atoms with Gasteiger partial charge in [0, 0.05) is 22.7 Å². The average molecular weight is 299 g/mol. The van der Waals surface area contributed by atoms with E-state index < -0.39 is 5.97 Å². The van der Waals surface area contributed by atoms with Crippen molar-refractivity contribution in [2.75, 3.05) is 19.8 Å². The van der Waals surface area contributed by atoms with E-state index in [1.54, 1.807) is 11.3 Å². The molecular weight excluding hydrogens is 278 g/mol. The summed E-state index contributed by atoms with van der Waals surface area (Å²) in [4.78, 5) is 24.4. The molecule has 5 nitrogen and oxygen atoms in total. The van der Waals surface area contributed by atoms with Crippen molar-refractivity contribution in [2.45, 2.75) is 33.1 Å². The maximum Gasteiger partial charge on any atom is 0.329 e. The summed E-state index contributed by atoms with van der Waals surface area (Å²) in [5.41, 5.74) is 1.32. The summed E-state index contributed by atoms with van der Waals surface area (Å²) in [6, 6.07) is 2.18. The summed E-state index contributed by atoms with van der Waals surface area (Å²) in [5.74, 6) is -1.02. The van der Waals surface area contributed by atoms with Crippen LogP contribution in [0.25, 0.3) is 0 Å². The predicted octanol–water partition coefficient (Wildman–Crippen LogP) is 1.91. The van der Waals surface area contributed by atoms with Gasteiger partial charge in [-0.2, -0.15) is 0 Å². The molecule has 20 heavy (non-hydrogen) atoms. The van der Waals surface area contributed by atoms with Crippen LogP contribution in [0.1, 0.15) is 28.2 Å². The number of rotatable bonds is 9. The fourth-order valence-corrected chi connectivity index (χ4v) is 2.86. The van der Waals surface area contributed by atoms with Crippen LogP contribution in [0.4, 0.5) is 0 Å². The molecular formula is C14H21NO4S. The van der Waals surface area contributed by atoms with Crippen molar-refractivity contribution in [1.82, 2.24) is 5.32 Å². The number of carbonyl (C=O) groups excluding carboxylic acids is 1. The van der Waals surface area contributed by atoms with Gasteiger partial charge >= 0.3 is 5.97 Å². The highest BCUT2D eigenvalue weighted by Crippen LogP contribution is 2.21. The molecule has 1 aromatic rings. The van der Waals surface area contributed by atoms with E-state index >= 15 is 0 Å². The van der Waals surface area contributed by atoms with Gasteiger partial charge in [-0.3, -0.25) is 4.79 Å². The largest absolute Gasteiger partial charge is 0.480 e. The number of carboxylic acids is 1. The molecule has 0 aliphatic carbocycles. The van der Waals surface area contributed by atoms with Crippen LogP contribution in [-0.4, -0.2) is 36.7 Å². The fraction of sp³-hybridized carbons (Fsp3) is 0.571. The van der Waals surface area contributed by atoms with E-state index in [1.807, 2.05) is 0 Å². The molecule has 0 bridgehead atoms. The summed E-state index contributed by atoms with van der Waals surface area (Å²) in [6.07, 6.45) is 2.21. The standard InChI is InChI=1S/C14H21NO4S/c1-10-8-12(11(2)20-10)4-3-5-13(16)15-6-7-19-9-14(17)18/h8H,3-7,9H2,1-2H3,(H,15,16)(H,17,18). The molecule has 0 fully saturated rings. The highest BCUT2D eigenvalue weighted by Gasteiger charge is 2.05. The summed E-state index contributed by atoms with van der Waals surface area (Å²) in [6.45, 7) is 4.44. The Hall–Kier alpha value is -1.40. The third-order valence-corrected chi connectivity index (χ3v) is 3.80. The van der Waals surface area contributed by atoms with Crippen LogP contribution in [0.15, 0.2) is 6.07 Å². The van der Waals surface area contributed by atoms with Crippen LogP contribution in [0.2, 0.25) is 0 Å². The molecule has 0 saturated carbocycles. The van der Waals surface area contributed by atoms with Crippen LogP contribution >= 0.6 is 11.3 Å².